The van der Waals surface area contributed by atoms with Gasteiger partial charge in [-0.05, 0) is 37.5 Å². The van der Waals surface area contributed by atoms with Crippen molar-refractivity contribution >= 4 is 21.4 Å². The Kier molecular flexibility index (Phi) is 4.67. The molecule has 0 saturated heterocycles. The molecule has 1 rings (SSSR count). The third-order valence-electron chi connectivity index (χ3n) is 3.09. The fraction of sp³-hybridized carbons (Fsp3) is 0.538. The van der Waals surface area contributed by atoms with Gasteiger partial charge >= 0.3 is 0 Å². The summed E-state index contributed by atoms with van der Waals surface area (Å²) in [6, 6.07) is 3.76. The lowest BCUT2D eigenvalue weighted by atomic mass is 10.0. The third kappa shape index (κ3) is 3.18. The molecule has 0 spiro atoms. The first-order chi connectivity index (χ1) is 8.18. The van der Waals surface area contributed by atoms with Crippen molar-refractivity contribution in [3.05, 3.63) is 28.8 Å². The number of benzene rings is 1. The van der Waals surface area contributed by atoms with E-state index in [1.165, 1.54) is 6.26 Å². The quantitative estimate of drug-likeness (QED) is 0.801. The van der Waals surface area contributed by atoms with Gasteiger partial charge in [0, 0.05) is 6.26 Å². The first kappa shape index (κ1) is 15.3. The van der Waals surface area contributed by atoms with Gasteiger partial charge in [-0.1, -0.05) is 12.1 Å². The van der Waals surface area contributed by atoms with Crippen LogP contribution in [-0.4, -0.2) is 27.0 Å². The molecule has 102 valence electrons. The van der Waals surface area contributed by atoms with E-state index in [-0.39, 0.29) is 0 Å². The summed E-state index contributed by atoms with van der Waals surface area (Å²) in [5, 5.41) is -1.17. The molecule has 0 heterocycles. The van der Waals surface area contributed by atoms with E-state index < -0.39 is 20.5 Å². The van der Waals surface area contributed by atoms with Gasteiger partial charge in [-0.25, -0.2) is 8.42 Å². The van der Waals surface area contributed by atoms with Crippen LogP contribution in [0.15, 0.2) is 12.1 Å². The zero-order valence-electron chi connectivity index (χ0n) is 11.3. The van der Waals surface area contributed by atoms with Crippen molar-refractivity contribution in [1.29, 1.82) is 0 Å². The van der Waals surface area contributed by atoms with Gasteiger partial charge in [-0.2, -0.15) is 0 Å². The van der Waals surface area contributed by atoms with Crippen LogP contribution in [0.25, 0.3) is 0 Å². The third-order valence-corrected chi connectivity index (χ3v) is 5.49. The normalized spacial score (nSPS) is 15.2. The lowest BCUT2D eigenvalue weighted by Gasteiger charge is -2.19. The van der Waals surface area contributed by atoms with Gasteiger partial charge in [0.05, 0.1) is 17.7 Å². The molecule has 18 heavy (non-hydrogen) atoms. The maximum atomic E-state index is 11.5. The molecular weight excluding hydrogens is 272 g/mol. The summed E-state index contributed by atoms with van der Waals surface area (Å²) in [5.74, 6) is 0.814. The fourth-order valence-electron chi connectivity index (χ4n) is 1.95. The van der Waals surface area contributed by atoms with Gasteiger partial charge in [0.15, 0.2) is 9.84 Å². The van der Waals surface area contributed by atoms with E-state index in [0.717, 1.165) is 22.4 Å². The first-order valence-corrected chi connectivity index (χ1v) is 8.05. The highest BCUT2D eigenvalue weighted by atomic mass is 35.5. The number of hydrogen-bond acceptors (Lipinski definition) is 3. The average Bonchev–Trinajstić information content (AvgIpc) is 2.25. The molecule has 0 N–H and O–H groups in total. The number of ether oxygens (including phenoxy) is 1. The van der Waals surface area contributed by atoms with Crippen LogP contribution in [-0.2, 0) is 9.84 Å². The highest BCUT2D eigenvalue weighted by Crippen LogP contribution is 2.33. The largest absolute Gasteiger partial charge is 0.496 e. The maximum absolute atomic E-state index is 11.5. The van der Waals surface area contributed by atoms with Crippen LogP contribution in [0.4, 0.5) is 0 Å². The minimum Gasteiger partial charge on any atom is -0.496 e. The van der Waals surface area contributed by atoms with E-state index in [1.54, 1.807) is 14.0 Å². The molecule has 2 unspecified atom stereocenters. The Bertz CT molecular complexity index is 514. The van der Waals surface area contributed by atoms with E-state index >= 15 is 0 Å². The minimum absolute atomic E-state index is 0.552. The number of methoxy groups -OCH3 is 1. The fourth-order valence-corrected chi connectivity index (χ4v) is 3.23. The molecule has 0 aromatic heterocycles. The van der Waals surface area contributed by atoms with Crippen molar-refractivity contribution in [3.63, 3.8) is 0 Å². The zero-order chi connectivity index (χ0) is 14.1. The lowest BCUT2D eigenvalue weighted by Crippen LogP contribution is -2.21. The summed E-state index contributed by atoms with van der Waals surface area (Å²) in [6.45, 7) is 5.47. The van der Waals surface area contributed by atoms with Crippen molar-refractivity contribution in [3.8, 4) is 5.75 Å². The van der Waals surface area contributed by atoms with Crippen LogP contribution in [0.3, 0.4) is 0 Å². The minimum atomic E-state index is -3.15. The zero-order valence-corrected chi connectivity index (χ0v) is 12.9. The van der Waals surface area contributed by atoms with E-state index in [4.69, 9.17) is 16.3 Å². The van der Waals surface area contributed by atoms with Crippen LogP contribution < -0.4 is 4.74 Å². The van der Waals surface area contributed by atoms with Crippen LogP contribution in [0.5, 0.6) is 5.75 Å². The molecule has 2 atom stereocenters. The Labute approximate surface area is 114 Å². The molecule has 5 heteroatoms. The van der Waals surface area contributed by atoms with Crippen molar-refractivity contribution < 1.29 is 13.2 Å². The summed E-state index contributed by atoms with van der Waals surface area (Å²) in [4.78, 5) is 0. The summed E-state index contributed by atoms with van der Waals surface area (Å²) in [7, 11) is -1.54. The smallest absolute Gasteiger partial charge is 0.151 e. The predicted molar refractivity (Wildman–Crippen MR) is 75.4 cm³/mol. The number of halogens is 1. The summed E-state index contributed by atoms with van der Waals surface area (Å²) in [6.07, 6.45) is 1.20. The van der Waals surface area contributed by atoms with Gasteiger partial charge in [0.2, 0.25) is 0 Å². The summed E-state index contributed by atoms with van der Waals surface area (Å²) < 4.78 is 28.3. The van der Waals surface area contributed by atoms with Crippen molar-refractivity contribution in [1.82, 2.24) is 0 Å². The molecule has 0 amide bonds. The van der Waals surface area contributed by atoms with Gasteiger partial charge in [0.1, 0.15) is 5.75 Å². The SMILES string of the molecule is COc1c(C)cc(C(Cl)C(C)S(C)(=O)=O)cc1C. The number of sulfone groups is 1. The number of rotatable bonds is 4. The van der Waals surface area contributed by atoms with E-state index in [1.807, 2.05) is 26.0 Å². The second kappa shape index (κ2) is 5.49. The van der Waals surface area contributed by atoms with Gasteiger partial charge in [-0.3, -0.25) is 0 Å². The number of hydrogen-bond donors (Lipinski definition) is 0. The van der Waals surface area contributed by atoms with E-state index in [9.17, 15) is 8.42 Å². The number of aryl methyl sites for hydroxylation is 2. The molecule has 0 bridgehead atoms. The van der Waals surface area contributed by atoms with Gasteiger partial charge < -0.3 is 4.74 Å². The molecular formula is C13H19ClO3S. The Morgan fingerprint density at radius 3 is 2.00 bits per heavy atom. The summed E-state index contributed by atoms with van der Waals surface area (Å²) in [5.41, 5.74) is 2.73. The molecule has 1 aromatic rings. The second-order valence-electron chi connectivity index (χ2n) is 4.62. The Morgan fingerprint density at radius 1 is 1.22 bits per heavy atom. The highest BCUT2D eigenvalue weighted by molar-refractivity contribution is 7.91. The predicted octanol–water partition coefficient (Wildman–Crippen LogP) is 3.03. The number of alkyl halides is 1. The molecule has 0 saturated carbocycles. The van der Waals surface area contributed by atoms with Gasteiger partial charge in [-0.15, -0.1) is 11.6 Å². The maximum Gasteiger partial charge on any atom is 0.151 e. The second-order valence-corrected chi connectivity index (χ2v) is 7.50. The van der Waals surface area contributed by atoms with Crippen molar-refractivity contribution in [2.45, 2.75) is 31.4 Å². The molecule has 0 aliphatic rings. The Balaban J connectivity index is 3.20. The Morgan fingerprint density at radius 2 is 1.67 bits per heavy atom. The molecule has 0 fully saturated rings. The lowest BCUT2D eigenvalue weighted by molar-refractivity contribution is 0.408. The van der Waals surface area contributed by atoms with Crippen LogP contribution in [0.2, 0.25) is 0 Å². The van der Waals surface area contributed by atoms with Crippen molar-refractivity contribution in [2.24, 2.45) is 0 Å². The first-order valence-electron chi connectivity index (χ1n) is 5.66. The van der Waals surface area contributed by atoms with Crippen LogP contribution >= 0.6 is 11.6 Å². The Hall–Kier alpha value is -0.740. The standard InChI is InChI=1S/C13H19ClO3S/c1-8-6-11(7-9(2)13(8)17-4)12(14)10(3)18(5,15)16/h6-7,10,12H,1-5H3. The van der Waals surface area contributed by atoms with Crippen LogP contribution in [0.1, 0.15) is 29.0 Å². The van der Waals surface area contributed by atoms with E-state index in [0.29, 0.717) is 0 Å². The molecule has 3 nitrogen and oxygen atoms in total. The molecule has 0 aliphatic heterocycles. The summed E-state index contributed by atoms with van der Waals surface area (Å²) >= 11 is 6.26. The highest BCUT2D eigenvalue weighted by Gasteiger charge is 2.26. The van der Waals surface area contributed by atoms with Crippen molar-refractivity contribution in [2.75, 3.05) is 13.4 Å². The van der Waals surface area contributed by atoms with Gasteiger partial charge in [0.25, 0.3) is 0 Å². The van der Waals surface area contributed by atoms with Crippen LogP contribution in [0, 0.1) is 13.8 Å². The molecule has 1 aromatic carbocycles. The topological polar surface area (TPSA) is 43.4 Å². The molecule has 0 radical (unpaired) electrons. The molecule has 0 aliphatic carbocycles. The average molecular weight is 291 g/mol. The van der Waals surface area contributed by atoms with E-state index in [2.05, 4.69) is 0 Å². The monoisotopic (exact) mass is 290 g/mol.